The summed E-state index contributed by atoms with van der Waals surface area (Å²) in [5.74, 6) is 1.94. The molecule has 1 aromatic heterocycles. The van der Waals surface area contributed by atoms with E-state index in [4.69, 9.17) is 10.2 Å². The van der Waals surface area contributed by atoms with Crippen molar-refractivity contribution in [3.05, 3.63) is 53.5 Å². The lowest BCUT2D eigenvalue weighted by atomic mass is 10.1. The zero-order valence-electron chi connectivity index (χ0n) is 11.0. The molecule has 3 heteroatoms. The van der Waals surface area contributed by atoms with Crippen molar-refractivity contribution in [1.82, 2.24) is 0 Å². The highest BCUT2D eigenvalue weighted by Gasteiger charge is 2.05. The third-order valence-corrected chi connectivity index (χ3v) is 3.00. The predicted molar refractivity (Wildman–Crippen MR) is 74.8 cm³/mol. The first kappa shape index (κ1) is 12.7. The fourth-order valence-corrected chi connectivity index (χ4v) is 1.98. The summed E-state index contributed by atoms with van der Waals surface area (Å²) in [5, 5.41) is 0. The summed E-state index contributed by atoms with van der Waals surface area (Å²) < 4.78 is 5.58. The maximum absolute atomic E-state index is 5.58. The van der Waals surface area contributed by atoms with Crippen molar-refractivity contribution in [2.45, 2.75) is 19.9 Å². The maximum Gasteiger partial charge on any atom is 0.123 e. The summed E-state index contributed by atoms with van der Waals surface area (Å²) >= 11 is 0. The van der Waals surface area contributed by atoms with Crippen LogP contribution in [0.3, 0.4) is 0 Å². The normalized spacial score (nSPS) is 10.6. The highest BCUT2D eigenvalue weighted by molar-refractivity contribution is 5.47. The van der Waals surface area contributed by atoms with Crippen molar-refractivity contribution >= 4 is 5.69 Å². The number of furan rings is 1. The van der Waals surface area contributed by atoms with Crippen molar-refractivity contribution in [3.8, 4) is 0 Å². The van der Waals surface area contributed by atoms with Crippen LogP contribution in [-0.2, 0) is 13.0 Å². The first-order valence-corrected chi connectivity index (χ1v) is 6.24. The molecule has 0 saturated carbocycles. The van der Waals surface area contributed by atoms with Crippen LogP contribution in [0.25, 0.3) is 0 Å². The molecule has 0 bridgehead atoms. The van der Waals surface area contributed by atoms with E-state index in [1.807, 2.05) is 19.1 Å². The molecule has 3 nitrogen and oxygen atoms in total. The van der Waals surface area contributed by atoms with Gasteiger partial charge in [0.05, 0.1) is 6.54 Å². The molecule has 2 rings (SSSR count). The third-order valence-electron chi connectivity index (χ3n) is 3.00. The fraction of sp³-hybridized carbons (Fsp3) is 0.333. The Bertz CT molecular complexity index is 487. The van der Waals surface area contributed by atoms with Gasteiger partial charge in [0.15, 0.2) is 0 Å². The minimum atomic E-state index is 0.695. The molecular weight excluding hydrogens is 224 g/mol. The quantitative estimate of drug-likeness (QED) is 0.879. The van der Waals surface area contributed by atoms with E-state index in [0.29, 0.717) is 6.54 Å². The molecular formula is C15H20N2O. The second-order valence-electron chi connectivity index (χ2n) is 4.57. The van der Waals surface area contributed by atoms with E-state index in [2.05, 4.69) is 36.2 Å². The lowest BCUT2D eigenvalue weighted by molar-refractivity contribution is 0.482. The van der Waals surface area contributed by atoms with Crippen molar-refractivity contribution < 1.29 is 4.42 Å². The van der Waals surface area contributed by atoms with Crippen molar-refractivity contribution in [1.29, 1.82) is 0 Å². The van der Waals surface area contributed by atoms with Gasteiger partial charge in [-0.05, 0) is 49.7 Å². The summed E-state index contributed by atoms with van der Waals surface area (Å²) in [7, 11) is 2.07. The van der Waals surface area contributed by atoms with Crippen LogP contribution in [0.5, 0.6) is 0 Å². The lowest BCUT2D eigenvalue weighted by Crippen LogP contribution is -2.15. The number of rotatable bonds is 5. The van der Waals surface area contributed by atoms with Gasteiger partial charge < -0.3 is 15.1 Å². The zero-order valence-corrected chi connectivity index (χ0v) is 11.0. The minimum absolute atomic E-state index is 0.695. The summed E-state index contributed by atoms with van der Waals surface area (Å²) in [4.78, 5) is 2.17. The number of hydrogen-bond acceptors (Lipinski definition) is 3. The van der Waals surface area contributed by atoms with Gasteiger partial charge in [-0.25, -0.2) is 0 Å². The van der Waals surface area contributed by atoms with Gasteiger partial charge in [-0.15, -0.1) is 0 Å². The Kier molecular flexibility index (Phi) is 4.05. The number of aryl methyl sites for hydroxylation is 1. The third kappa shape index (κ3) is 3.14. The number of hydrogen-bond donors (Lipinski definition) is 1. The van der Waals surface area contributed by atoms with E-state index in [0.717, 1.165) is 24.5 Å². The second-order valence-corrected chi connectivity index (χ2v) is 4.57. The monoisotopic (exact) mass is 244 g/mol. The number of nitrogens with zero attached hydrogens (tertiary/aromatic N) is 1. The number of benzene rings is 1. The Balaban J connectivity index is 2.02. The molecule has 0 saturated heterocycles. The molecule has 0 radical (unpaired) electrons. The molecule has 96 valence electrons. The van der Waals surface area contributed by atoms with Crippen molar-refractivity contribution in [2.24, 2.45) is 5.73 Å². The largest absolute Gasteiger partial charge is 0.464 e. The molecule has 1 aromatic carbocycles. The standard InChI is InChI=1S/C15H20N2O/c1-12-3-8-15(18-12)11-17(2)14-6-4-13(5-7-14)9-10-16/h3-8H,9-11,16H2,1-2H3. The van der Waals surface area contributed by atoms with E-state index >= 15 is 0 Å². The molecule has 0 fully saturated rings. The van der Waals surface area contributed by atoms with Gasteiger partial charge in [0.25, 0.3) is 0 Å². The smallest absolute Gasteiger partial charge is 0.123 e. The van der Waals surface area contributed by atoms with Gasteiger partial charge in [-0.3, -0.25) is 0 Å². The van der Waals surface area contributed by atoms with Gasteiger partial charge in [0, 0.05) is 12.7 Å². The molecule has 1 heterocycles. The van der Waals surface area contributed by atoms with Gasteiger partial charge in [-0.1, -0.05) is 12.1 Å². The van der Waals surface area contributed by atoms with E-state index in [1.54, 1.807) is 0 Å². The zero-order chi connectivity index (χ0) is 13.0. The second kappa shape index (κ2) is 5.74. The SMILES string of the molecule is Cc1ccc(CN(C)c2ccc(CCN)cc2)o1. The Morgan fingerprint density at radius 3 is 2.39 bits per heavy atom. The predicted octanol–water partition coefficient (Wildman–Crippen LogP) is 2.73. The van der Waals surface area contributed by atoms with Crippen LogP contribution < -0.4 is 10.6 Å². The summed E-state index contributed by atoms with van der Waals surface area (Å²) in [6.07, 6.45) is 0.932. The topological polar surface area (TPSA) is 42.4 Å². The van der Waals surface area contributed by atoms with Crippen LogP contribution in [0.15, 0.2) is 40.8 Å². The Labute approximate surface area is 108 Å². The Hall–Kier alpha value is -1.74. The Morgan fingerprint density at radius 2 is 1.83 bits per heavy atom. The Morgan fingerprint density at radius 1 is 1.11 bits per heavy atom. The highest BCUT2D eigenvalue weighted by atomic mass is 16.3. The molecule has 2 N–H and O–H groups in total. The molecule has 0 atom stereocenters. The van der Waals surface area contributed by atoms with Crippen LogP contribution in [0.1, 0.15) is 17.1 Å². The van der Waals surface area contributed by atoms with Gasteiger partial charge in [0.1, 0.15) is 11.5 Å². The molecule has 0 spiro atoms. The highest BCUT2D eigenvalue weighted by Crippen LogP contribution is 2.17. The van der Waals surface area contributed by atoms with Crippen molar-refractivity contribution in [2.75, 3.05) is 18.5 Å². The molecule has 0 amide bonds. The molecule has 2 aromatic rings. The van der Waals surface area contributed by atoms with Gasteiger partial charge in [-0.2, -0.15) is 0 Å². The van der Waals surface area contributed by atoms with Crippen LogP contribution in [0, 0.1) is 6.92 Å². The summed E-state index contributed by atoms with van der Waals surface area (Å²) in [5.41, 5.74) is 8.01. The molecule has 0 aliphatic heterocycles. The molecule has 0 unspecified atom stereocenters. The molecule has 0 aliphatic carbocycles. The maximum atomic E-state index is 5.58. The average molecular weight is 244 g/mol. The van der Waals surface area contributed by atoms with Crippen LogP contribution >= 0.6 is 0 Å². The fourth-order valence-electron chi connectivity index (χ4n) is 1.98. The number of nitrogens with two attached hydrogens (primary N) is 1. The average Bonchev–Trinajstić information content (AvgIpc) is 2.76. The number of anilines is 1. The first-order chi connectivity index (χ1) is 8.69. The summed E-state index contributed by atoms with van der Waals surface area (Å²) in [6, 6.07) is 12.5. The van der Waals surface area contributed by atoms with Crippen LogP contribution in [-0.4, -0.2) is 13.6 Å². The van der Waals surface area contributed by atoms with E-state index in [-0.39, 0.29) is 0 Å². The first-order valence-electron chi connectivity index (χ1n) is 6.24. The van der Waals surface area contributed by atoms with E-state index < -0.39 is 0 Å². The molecule has 0 aliphatic rings. The summed E-state index contributed by atoms with van der Waals surface area (Å²) in [6.45, 7) is 3.44. The van der Waals surface area contributed by atoms with Crippen LogP contribution in [0.2, 0.25) is 0 Å². The lowest BCUT2D eigenvalue weighted by Gasteiger charge is -2.18. The van der Waals surface area contributed by atoms with E-state index in [9.17, 15) is 0 Å². The molecule has 18 heavy (non-hydrogen) atoms. The van der Waals surface area contributed by atoms with Crippen molar-refractivity contribution in [3.63, 3.8) is 0 Å². The van der Waals surface area contributed by atoms with Gasteiger partial charge in [0.2, 0.25) is 0 Å². The van der Waals surface area contributed by atoms with Crippen LogP contribution in [0.4, 0.5) is 5.69 Å². The van der Waals surface area contributed by atoms with E-state index in [1.165, 1.54) is 11.3 Å². The van der Waals surface area contributed by atoms with Gasteiger partial charge >= 0.3 is 0 Å². The minimum Gasteiger partial charge on any atom is -0.464 e.